The largest absolute Gasteiger partial charge is 0.508 e. The van der Waals surface area contributed by atoms with Crippen molar-refractivity contribution < 1.29 is 14.3 Å². The van der Waals surface area contributed by atoms with Crippen molar-refractivity contribution in [3.63, 3.8) is 0 Å². The fourth-order valence-corrected chi connectivity index (χ4v) is 3.07. The Hall–Kier alpha value is -2.46. The van der Waals surface area contributed by atoms with Crippen LogP contribution in [0.1, 0.15) is 40.7 Å². The minimum atomic E-state index is -0.302. The van der Waals surface area contributed by atoms with Crippen molar-refractivity contribution in [2.45, 2.75) is 25.8 Å². The number of phenolic OH excluding ortho intramolecular Hbond substituents is 1. The summed E-state index contributed by atoms with van der Waals surface area (Å²) in [6.45, 7) is 2.72. The molecule has 0 aliphatic carbocycles. The Balaban J connectivity index is 1.71. The number of carbonyl (C=O) groups is 1. The van der Waals surface area contributed by atoms with Crippen molar-refractivity contribution >= 4 is 11.9 Å². The maximum absolute atomic E-state index is 12.9. The van der Waals surface area contributed by atoms with Gasteiger partial charge in [0.05, 0.1) is 0 Å². The summed E-state index contributed by atoms with van der Waals surface area (Å²) in [7, 11) is 0. The van der Waals surface area contributed by atoms with E-state index in [1.165, 1.54) is 37.5 Å². The van der Waals surface area contributed by atoms with Crippen LogP contribution >= 0.6 is 0 Å². The average molecular weight is 339 g/mol. The summed E-state index contributed by atoms with van der Waals surface area (Å²) in [6.07, 6.45) is 6.76. The van der Waals surface area contributed by atoms with Gasteiger partial charge in [0, 0.05) is 17.7 Å². The standard InChI is InChI=1S/C21H22FNO2/c22-19-8-4-16(5-9-19)6-10-20(24)17-7-11-21(25)18(14-17)15-23-12-2-1-3-13-23/h4-11,14,25H,1-3,12-13,15H2/b10-6+. The number of piperidine rings is 1. The number of likely N-dealkylation sites (tertiary alicyclic amines) is 1. The predicted octanol–water partition coefficient (Wildman–Crippen LogP) is 4.41. The number of benzene rings is 2. The van der Waals surface area contributed by atoms with Crippen molar-refractivity contribution in [2.24, 2.45) is 0 Å². The maximum Gasteiger partial charge on any atom is 0.185 e. The van der Waals surface area contributed by atoms with Gasteiger partial charge in [0.1, 0.15) is 11.6 Å². The lowest BCUT2D eigenvalue weighted by Crippen LogP contribution is -2.29. The zero-order valence-electron chi connectivity index (χ0n) is 14.1. The number of hydrogen-bond donors (Lipinski definition) is 1. The summed E-state index contributed by atoms with van der Waals surface area (Å²) in [5, 5.41) is 10.1. The molecule has 0 unspecified atom stereocenters. The number of aromatic hydroxyl groups is 1. The molecule has 3 nitrogen and oxygen atoms in total. The maximum atomic E-state index is 12.9. The zero-order valence-corrected chi connectivity index (χ0v) is 14.1. The lowest BCUT2D eigenvalue weighted by molar-refractivity contribution is 0.104. The number of ketones is 1. The Morgan fingerprint density at radius 3 is 2.52 bits per heavy atom. The van der Waals surface area contributed by atoms with Crippen molar-refractivity contribution in [1.29, 1.82) is 0 Å². The van der Waals surface area contributed by atoms with Gasteiger partial charge < -0.3 is 5.11 Å². The number of phenols is 1. The summed E-state index contributed by atoms with van der Waals surface area (Å²) >= 11 is 0. The predicted molar refractivity (Wildman–Crippen MR) is 97.0 cm³/mol. The summed E-state index contributed by atoms with van der Waals surface area (Å²) in [6, 6.07) is 10.9. The van der Waals surface area contributed by atoms with Crippen LogP contribution in [-0.4, -0.2) is 28.9 Å². The van der Waals surface area contributed by atoms with E-state index in [1.54, 1.807) is 36.4 Å². The molecule has 0 bridgehead atoms. The van der Waals surface area contributed by atoms with Crippen molar-refractivity contribution in [2.75, 3.05) is 13.1 Å². The molecule has 1 aliphatic heterocycles. The number of nitrogens with zero attached hydrogens (tertiary/aromatic N) is 1. The highest BCUT2D eigenvalue weighted by atomic mass is 19.1. The third-order valence-electron chi connectivity index (χ3n) is 4.50. The van der Waals surface area contributed by atoms with Crippen molar-refractivity contribution in [3.05, 3.63) is 71.0 Å². The third kappa shape index (κ3) is 4.77. The molecule has 2 aromatic rings. The highest BCUT2D eigenvalue weighted by molar-refractivity contribution is 6.07. The highest BCUT2D eigenvalue weighted by Gasteiger charge is 2.14. The molecule has 1 N–H and O–H groups in total. The summed E-state index contributed by atoms with van der Waals surface area (Å²) in [5.74, 6) is -0.210. The molecule has 25 heavy (non-hydrogen) atoms. The Bertz CT molecular complexity index is 762. The van der Waals surface area contributed by atoms with Gasteiger partial charge in [-0.15, -0.1) is 0 Å². The molecule has 0 amide bonds. The Labute approximate surface area is 147 Å². The van der Waals surface area contributed by atoms with E-state index in [-0.39, 0.29) is 17.3 Å². The Kier molecular flexibility index (Phi) is 5.61. The summed E-state index contributed by atoms with van der Waals surface area (Å²) < 4.78 is 12.9. The smallest absolute Gasteiger partial charge is 0.185 e. The topological polar surface area (TPSA) is 40.5 Å². The van der Waals surface area contributed by atoms with Crippen LogP contribution in [0.4, 0.5) is 4.39 Å². The monoisotopic (exact) mass is 339 g/mol. The van der Waals surface area contributed by atoms with Crippen LogP contribution in [-0.2, 0) is 6.54 Å². The molecule has 0 radical (unpaired) electrons. The molecule has 3 rings (SSSR count). The van der Waals surface area contributed by atoms with Gasteiger partial charge in [-0.1, -0.05) is 24.6 Å². The van der Waals surface area contributed by atoms with Crippen LogP contribution in [0.5, 0.6) is 5.75 Å². The molecule has 1 aliphatic rings. The second-order valence-electron chi connectivity index (χ2n) is 6.43. The van der Waals surface area contributed by atoms with Gasteiger partial charge in [-0.05, 0) is 67.9 Å². The van der Waals surface area contributed by atoms with Gasteiger partial charge in [-0.3, -0.25) is 9.69 Å². The fourth-order valence-electron chi connectivity index (χ4n) is 3.07. The number of halogens is 1. The first-order valence-corrected chi connectivity index (χ1v) is 8.64. The summed E-state index contributed by atoms with van der Waals surface area (Å²) in [5.41, 5.74) is 2.09. The molecule has 0 aromatic heterocycles. The zero-order chi connectivity index (χ0) is 17.6. The van der Waals surface area contributed by atoms with E-state index in [0.717, 1.165) is 24.2 Å². The normalized spacial score (nSPS) is 15.6. The van der Waals surface area contributed by atoms with Crippen LogP contribution in [0.3, 0.4) is 0 Å². The first-order chi connectivity index (χ1) is 12.1. The van der Waals surface area contributed by atoms with Crippen LogP contribution in [0, 0.1) is 5.82 Å². The Morgan fingerprint density at radius 2 is 1.80 bits per heavy atom. The van der Waals surface area contributed by atoms with E-state index >= 15 is 0 Å². The molecule has 4 heteroatoms. The lowest BCUT2D eigenvalue weighted by Gasteiger charge is -2.26. The number of hydrogen-bond acceptors (Lipinski definition) is 3. The minimum Gasteiger partial charge on any atom is -0.508 e. The number of carbonyl (C=O) groups excluding carboxylic acids is 1. The quantitative estimate of drug-likeness (QED) is 0.648. The van der Waals surface area contributed by atoms with Gasteiger partial charge in [-0.25, -0.2) is 4.39 Å². The van der Waals surface area contributed by atoms with Crippen LogP contribution in [0.15, 0.2) is 48.5 Å². The van der Waals surface area contributed by atoms with Gasteiger partial charge >= 0.3 is 0 Å². The van der Waals surface area contributed by atoms with Crippen LogP contribution in [0.2, 0.25) is 0 Å². The number of rotatable bonds is 5. The molecule has 130 valence electrons. The van der Waals surface area contributed by atoms with E-state index in [0.29, 0.717) is 12.1 Å². The molecule has 2 aromatic carbocycles. The Morgan fingerprint density at radius 1 is 1.08 bits per heavy atom. The SMILES string of the molecule is O=C(/C=C/c1ccc(F)cc1)c1ccc(O)c(CN2CCCCC2)c1. The molecular formula is C21H22FNO2. The van der Waals surface area contributed by atoms with Gasteiger partial charge in [-0.2, -0.15) is 0 Å². The van der Waals surface area contributed by atoms with E-state index in [9.17, 15) is 14.3 Å². The minimum absolute atomic E-state index is 0.135. The van der Waals surface area contributed by atoms with Crippen LogP contribution < -0.4 is 0 Å². The average Bonchev–Trinajstić information content (AvgIpc) is 2.64. The van der Waals surface area contributed by atoms with E-state index in [1.807, 2.05) is 0 Å². The van der Waals surface area contributed by atoms with Crippen molar-refractivity contribution in [1.82, 2.24) is 4.90 Å². The molecule has 1 fully saturated rings. The highest BCUT2D eigenvalue weighted by Crippen LogP contribution is 2.23. The molecule has 1 heterocycles. The molecular weight excluding hydrogens is 317 g/mol. The van der Waals surface area contributed by atoms with Gasteiger partial charge in [0.25, 0.3) is 0 Å². The fraction of sp³-hybridized carbons (Fsp3) is 0.286. The third-order valence-corrected chi connectivity index (χ3v) is 4.50. The first-order valence-electron chi connectivity index (χ1n) is 8.64. The van der Waals surface area contributed by atoms with Crippen molar-refractivity contribution in [3.8, 4) is 5.75 Å². The molecule has 0 spiro atoms. The molecule has 1 saturated heterocycles. The lowest BCUT2D eigenvalue weighted by atomic mass is 10.0. The summed E-state index contributed by atoms with van der Waals surface area (Å²) in [4.78, 5) is 14.7. The van der Waals surface area contributed by atoms with Crippen LogP contribution in [0.25, 0.3) is 6.08 Å². The van der Waals surface area contributed by atoms with Gasteiger partial charge in [0.2, 0.25) is 0 Å². The second-order valence-corrected chi connectivity index (χ2v) is 6.43. The number of allylic oxidation sites excluding steroid dienone is 1. The van der Waals surface area contributed by atoms with E-state index in [2.05, 4.69) is 4.90 Å². The molecule has 0 saturated carbocycles. The molecule has 0 atom stereocenters. The van der Waals surface area contributed by atoms with Gasteiger partial charge in [0.15, 0.2) is 5.78 Å². The van der Waals surface area contributed by atoms with E-state index in [4.69, 9.17) is 0 Å². The second kappa shape index (κ2) is 8.08. The first kappa shape index (κ1) is 17.4. The van der Waals surface area contributed by atoms with E-state index < -0.39 is 0 Å².